The molecular weight excluding hydrogens is 296 g/mol. The fourth-order valence-corrected chi connectivity index (χ4v) is 2.43. The molecule has 0 unspecified atom stereocenters. The summed E-state index contributed by atoms with van der Waals surface area (Å²) in [5, 5.41) is 15.7. The van der Waals surface area contributed by atoms with Gasteiger partial charge in [0.15, 0.2) is 0 Å². The molecule has 2 aromatic rings. The van der Waals surface area contributed by atoms with Gasteiger partial charge in [-0.3, -0.25) is 9.59 Å². The van der Waals surface area contributed by atoms with Gasteiger partial charge in [-0.25, -0.2) is 0 Å². The Balaban J connectivity index is 1.78. The first kappa shape index (κ1) is 13.5. The number of aromatic nitrogens is 4. The lowest BCUT2D eigenvalue weighted by molar-refractivity contribution is -0.117. The first-order chi connectivity index (χ1) is 10.1. The second-order valence-corrected chi connectivity index (χ2v) is 4.91. The molecule has 3 rings (SSSR count). The van der Waals surface area contributed by atoms with Crippen molar-refractivity contribution in [1.82, 2.24) is 20.6 Å². The summed E-state index contributed by atoms with van der Waals surface area (Å²) in [5.74, 6) is -0.504. The van der Waals surface area contributed by atoms with Crippen LogP contribution in [0.15, 0.2) is 18.2 Å². The van der Waals surface area contributed by atoms with Gasteiger partial charge < -0.3 is 10.2 Å². The number of hydrogen-bond donors (Lipinski definition) is 2. The lowest BCUT2D eigenvalue weighted by Crippen LogP contribution is -2.24. The fourth-order valence-electron chi connectivity index (χ4n) is 2.15. The highest BCUT2D eigenvalue weighted by Crippen LogP contribution is 2.31. The predicted molar refractivity (Wildman–Crippen MR) is 75.2 cm³/mol. The number of aromatic amines is 1. The molecule has 0 spiro atoms. The van der Waals surface area contributed by atoms with Crippen molar-refractivity contribution in [3.8, 4) is 0 Å². The molecule has 1 aliphatic rings. The van der Waals surface area contributed by atoms with Crippen molar-refractivity contribution in [3.63, 3.8) is 0 Å². The highest BCUT2D eigenvalue weighted by atomic mass is 35.5. The third-order valence-corrected chi connectivity index (χ3v) is 3.42. The predicted octanol–water partition coefficient (Wildman–Crippen LogP) is 1.23. The van der Waals surface area contributed by atoms with E-state index in [0.29, 0.717) is 29.4 Å². The highest BCUT2D eigenvalue weighted by Gasteiger charge is 2.23. The van der Waals surface area contributed by atoms with E-state index >= 15 is 0 Å². The van der Waals surface area contributed by atoms with Crippen LogP contribution in [0.1, 0.15) is 23.5 Å². The fraction of sp³-hybridized carbons (Fsp3) is 0.250. The molecule has 1 saturated heterocycles. The first-order valence-electron chi connectivity index (χ1n) is 6.30. The third kappa shape index (κ3) is 2.70. The molecule has 9 heteroatoms. The molecule has 108 valence electrons. The van der Waals surface area contributed by atoms with Crippen LogP contribution in [0.4, 0.5) is 11.4 Å². The summed E-state index contributed by atoms with van der Waals surface area (Å²) in [7, 11) is 0. The summed E-state index contributed by atoms with van der Waals surface area (Å²) in [6.45, 7) is 0.660. The molecule has 2 amide bonds. The van der Waals surface area contributed by atoms with Crippen LogP contribution in [-0.4, -0.2) is 39.0 Å². The Morgan fingerprint density at radius 3 is 2.90 bits per heavy atom. The molecule has 1 fully saturated rings. The van der Waals surface area contributed by atoms with Gasteiger partial charge in [0.1, 0.15) is 0 Å². The van der Waals surface area contributed by atoms with Crippen LogP contribution in [0.5, 0.6) is 0 Å². The molecule has 0 saturated carbocycles. The summed E-state index contributed by atoms with van der Waals surface area (Å²) in [6, 6.07) is 4.96. The number of nitrogens with one attached hydrogen (secondary N) is 2. The van der Waals surface area contributed by atoms with E-state index in [0.717, 1.165) is 6.42 Å². The van der Waals surface area contributed by atoms with Gasteiger partial charge in [-0.15, -0.1) is 10.2 Å². The van der Waals surface area contributed by atoms with Crippen LogP contribution in [0.3, 0.4) is 0 Å². The second kappa shape index (κ2) is 5.49. The van der Waals surface area contributed by atoms with Gasteiger partial charge in [-0.05, 0) is 29.8 Å². The Kier molecular flexibility index (Phi) is 3.53. The van der Waals surface area contributed by atoms with Crippen LogP contribution < -0.4 is 10.2 Å². The number of rotatable bonds is 3. The van der Waals surface area contributed by atoms with E-state index in [9.17, 15) is 9.59 Å². The van der Waals surface area contributed by atoms with Gasteiger partial charge in [-0.1, -0.05) is 11.6 Å². The van der Waals surface area contributed by atoms with Crippen molar-refractivity contribution >= 4 is 34.8 Å². The third-order valence-electron chi connectivity index (χ3n) is 3.12. The van der Waals surface area contributed by atoms with Crippen LogP contribution in [0, 0.1) is 0 Å². The van der Waals surface area contributed by atoms with Crippen molar-refractivity contribution in [3.05, 3.63) is 29.0 Å². The molecule has 0 aliphatic carbocycles. The van der Waals surface area contributed by atoms with E-state index in [1.807, 2.05) is 0 Å². The van der Waals surface area contributed by atoms with Crippen molar-refractivity contribution < 1.29 is 9.59 Å². The van der Waals surface area contributed by atoms with Crippen LogP contribution >= 0.6 is 11.6 Å². The molecule has 21 heavy (non-hydrogen) atoms. The summed E-state index contributed by atoms with van der Waals surface area (Å²) in [5.41, 5.74) is 1.14. The van der Waals surface area contributed by atoms with Crippen LogP contribution in [0.2, 0.25) is 5.02 Å². The van der Waals surface area contributed by atoms with Gasteiger partial charge in [0.25, 0.3) is 11.7 Å². The number of halogens is 1. The molecule has 2 heterocycles. The molecule has 2 N–H and O–H groups in total. The number of carbonyl (C=O) groups excluding carboxylic acids is 2. The van der Waals surface area contributed by atoms with Gasteiger partial charge >= 0.3 is 0 Å². The number of amides is 2. The first-order valence-corrected chi connectivity index (χ1v) is 6.67. The van der Waals surface area contributed by atoms with Crippen LogP contribution in [-0.2, 0) is 4.79 Å². The van der Waals surface area contributed by atoms with Crippen molar-refractivity contribution in [1.29, 1.82) is 0 Å². The van der Waals surface area contributed by atoms with E-state index in [4.69, 9.17) is 11.6 Å². The Hall–Kier alpha value is -2.48. The maximum Gasteiger partial charge on any atom is 0.297 e. The van der Waals surface area contributed by atoms with E-state index in [1.54, 1.807) is 23.1 Å². The van der Waals surface area contributed by atoms with Gasteiger partial charge in [0.2, 0.25) is 5.91 Å². The monoisotopic (exact) mass is 306 g/mol. The minimum absolute atomic E-state index is 0.0560. The molecular formula is C12H11ClN6O2. The molecule has 8 nitrogen and oxygen atoms in total. The lowest BCUT2D eigenvalue weighted by atomic mass is 10.2. The molecule has 0 bridgehead atoms. The normalized spacial score (nSPS) is 14.5. The maximum atomic E-state index is 11.8. The van der Waals surface area contributed by atoms with Gasteiger partial charge in [0.05, 0.1) is 10.7 Å². The average Bonchev–Trinajstić information content (AvgIpc) is 3.10. The zero-order valence-corrected chi connectivity index (χ0v) is 11.6. The smallest absolute Gasteiger partial charge is 0.297 e. The highest BCUT2D eigenvalue weighted by molar-refractivity contribution is 6.34. The minimum Gasteiger partial charge on any atom is -0.319 e. The number of tetrazole rings is 1. The molecule has 1 aromatic carbocycles. The Morgan fingerprint density at radius 2 is 2.29 bits per heavy atom. The number of nitrogens with zero attached hydrogens (tertiary/aromatic N) is 4. The SMILES string of the molecule is O=C(Nc1ccc(N2CCCC2=O)c(Cl)c1)c1nn[nH]n1. The Bertz CT molecular complexity index is 687. The zero-order valence-electron chi connectivity index (χ0n) is 10.8. The number of anilines is 2. The van der Waals surface area contributed by atoms with Gasteiger partial charge in [0, 0.05) is 18.7 Å². The van der Waals surface area contributed by atoms with Crippen molar-refractivity contribution in [2.45, 2.75) is 12.8 Å². The van der Waals surface area contributed by atoms with Gasteiger partial charge in [-0.2, -0.15) is 5.21 Å². The average molecular weight is 307 g/mol. The number of carbonyl (C=O) groups is 2. The number of benzene rings is 1. The molecule has 1 aromatic heterocycles. The summed E-state index contributed by atoms with van der Waals surface area (Å²) >= 11 is 6.19. The minimum atomic E-state index is -0.496. The van der Waals surface area contributed by atoms with Crippen molar-refractivity contribution in [2.24, 2.45) is 0 Å². The molecule has 1 aliphatic heterocycles. The molecule has 0 radical (unpaired) electrons. The van der Waals surface area contributed by atoms with E-state index < -0.39 is 5.91 Å². The standard InChI is InChI=1S/C12H11ClN6O2/c13-8-6-7(14-12(21)11-15-17-18-16-11)3-4-9(8)19-5-1-2-10(19)20/h3-4,6H,1-2,5H2,(H,14,21)(H,15,16,17,18). The number of hydrogen-bond acceptors (Lipinski definition) is 5. The van der Waals surface area contributed by atoms with E-state index in [2.05, 4.69) is 25.9 Å². The van der Waals surface area contributed by atoms with Crippen LogP contribution in [0.25, 0.3) is 0 Å². The summed E-state index contributed by atoms with van der Waals surface area (Å²) in [4.78, 5) is 25.1. The second-order valence-electron chi connectivity index (χ2n) is 4.50. The quantitative estimate of drug-likeness (QED) is 0.887. The Labute approximate surface area is 124 Å². The largest absolute Gasteiger partial charge is 0.319 e. The topological polar surface area (TPSA) is 104 Å². The Morgan fingerprint density at radius 1 is 1.43 bits per heavy atom. The lowest BCUT2D eigenvalue weighted by Gasteiger charge is -2.17. The zero-order chi connectivity index (χ0) is 14.8. The van der Waals surface area contributed by atoms with Crippen molar-refractivity contribution in [2.75, 3.05) is 16.8 Å². The molecule has 0 atom stereocenters. The van der Waals surface area contributed by atoms with E-state index in [-0.39, 0.29) is 11.7 Å². The summed E-state index contributed by atoms with van der Waals surface area (Å²) in [6.07, 6.45) is 1.36. The summed E-state index contributed by atoms with van der Waals surface area (Å²) < 4.78 is 0. The maximum absolute atomic E-state index is 11.8. The number of H-pyrrole nitrogens is 1. The van der Waals surface area contributed by atoms with E-state index in [1.165, 1.54) is 0 Å².